The highest BCUT2D eigenvalue weighted by Crippen LogP contribution is 2.40. The van der Waals surface area contributed by atoms with Crippen LogP contribution in [0.1, 0.15) is 44.5 Å². The van der Waals surface area contributed by atoms with Crippen LogP contribution < -0.4 is 4.90 Å². The van der Waals surface area contributed by atoms with E-state index in [4.69, 9.17) is 0 Å². The molecule has 1 aliphatic rings. The van der Waals surface area contributed by atoms with Crippen molar-refractivity contribution in [2.75, 3.05) is 11.4 Å². The standard InChI is InChI=1S/C16H21NO2S/c1-5-14(18)12-6-7-13-15(8-12)20-11(4)16(19)17(13)9-10(2)3/h6-8,10-11H,5,9H2,1-4H3. The second-order valence-corrected chi connectivity index (χ2v) is 6.94. The molecule has 1 aromatic carbocycles. The lowest BCUT2D eigenvalue weighted by molar-refractivity contribution is -0.118. The molecular formula is C16H21NO2S. The van der Waals surface area contributed by atoms with Gasteiger partial charge in [-0.3, -0.25) is 9.59 Å². The Balaban J connectivity index is 2.41. The lowest BCUT2D eigenvalue weighted by atomic mass is 10.1. The summed E-state index contributed by atoms with van der Waals surface area (Å²) in [6.07, 6.45) is 0.508. The van der Waals surface area contributed by atoms with Gasteiger partial charge in [0.05, 0.1) is 10.9 Å². The maximum atomic E-state index is 12.3. The maximum absolute atomic E-state index is 12.3. The van der Waals surface area contributed by atoms with E-state index in [-0.39, 0.29) is 16.9 Å². The lowest BCUT2D eigenvalue weighted by Crippen LogP contribution is -2.41. The molecule has 1 aliphatic heterocycles. The number of benzene rings is 1. The molecule has 2 rings (SSSR count). The Morgan fingerprint density at radius 3 is 2.70 bits per heavy atom. The van der Waals surface area contributed by atoms with Crippen LogP contribution in [0.15, 0.2) is 23.1 Å². The first kappa shape index (κ1) is 15.1. The molecule has 1 heterocycles. The molecule has 1 unspecified atom stereocenters. The number of ketones is 1. The van der Waals surface area contributed by atoms with Crippen LogP contribution in [0.3, 0.4) is 0 Å². The predicted octanol–water partition coefficient (Wildman–Crippen LogP) is 3.76. The number of hydrogen-bond acceptors (Lipinski definition) is 3. The molecular weight excluding hydrogens is 270 g/mol. The van der Waals surface area contributed by atoms with Crippen molar-refractivity contribution in [3.8, 4) is 0 Å². The van der Waals surface area contributed by atoms with E-state index in [0.717, 1.165) is 22.7 Å². The minimum Gasteiger partial charge on any atom is -0.310 e. The summed E-state index contributed by atoms with van der Waals surface area (Å²) >= 11 is 1.55. The van der Waals surface area contributed by atoms with Gasteiger partial charge in [-0.25, -0.2) is 0 Å². The SMILES string of the molecule is CCC(=O)c1ccc2c(c1)SC(C)C(=O)N2CC(C)C. The third-order valence-corrected chi connectivity index (χ3v) is 4.50. The second kappa shape index (κ2) is 6.00. The fourth-order valence-electron chi connectivity index (χ4n) is 2.34. The van der Waals surface area contributed by atoms with Gasteiger partial charge < -0.3 is 4.90 Å². The fourth-order valence-corrected chi connectivity index (χ4v) is 3.44. The molecule has 0 aliphatic carbocycles. The molecule has 108 valence electrons. The fraction of sp³-hybridized carbons (Fsp3) is 0.500. The quantitative estimate of drug-likeness (QED) is 0.793. The lowest BCUT2D eigenvalue weighted by Gasteiger charge is -2.33. The zero-order valence-electron chi connectivity index (χ0n) is 12.5. The molecule has 0 saturated heterocycles. The Labute approximate surface area is 124 Å². The van der Waals surface area contributed by atoms with Gasteiger partial charge in [-0.15, -0.1) is 11.8 Å². The molecule has 0 N–H and O–H groups in total. The molecule has 4 heteroatoms. The first-order valence-electron chi connectivity index (χ1n) is 7.09. The van der Waals surface area contributed by atoms with Crippen LogP contribution in [0.2, 0.25) is 0 Å². The minimum absolute atomic E-state index is 0.0896. The maximum Gasteiger partial charge on any atom is 0.240 e. The van der Waals surface area contributed by atoms with Gasteiger partial charge in [-0.05, 0) is 31.0 Å². The molecule has 0 aromatic heterocycles. The van der Waals surface area contributed by atoms with Crippen LogP contribution in [-0.2, 0) is 4.79 Å². The van der Waals surface area contributed by atoms with Gasteiger partial charge in [0.2, 0.25) is 5.91 Å². The summed E-state index contributed by atoms with van der Waals surface area (Å²) in [6.45, 7) is 8.73. The van der Waals surface area contributed by atoms with Gasteiger partial charge in [-0.1, -0.05) is 20.8 Å². The van der Waals surface area contributed by atoms with Crippen molar-refractivity contribution in [1.29, 1.82) is 0 Å². The Morgan fingerprint density at radius 2 is 2.10 bits per heavy atom. The highest BCUT2D eigenvalue weighted by Gasteiger charge is 2.31. The topological polar surface area (TPSA) is 37.4 Å². The van der Waals surface area contributed by atoms with E-state index in [1.165, 1.54) is 0 Å². The van der Waals surface area contributed by atoms with E-state index in [1.807, 2.05) is 36.9 Å². The highest BCUT2D eigenvalue weighted by molar-refractivity contribution is 8.01. The van der Waals surface area contributed by atoms with Gasteiger partial charge in [-0.2, -0.15) is 0 Å². The number of nitrogens with zero attached hydrogens (tertiary/aromatic N) is 1. The highest BCUT2D eigenvalue weighted by atomic mass is 32.2. The first-order valence-corrected chi connectivity index (χ1v) is 7.97. The molecule has 0 spiro atoms. The zero-order valence-corrected chi connectivity index (χ0v) is 13.3. The summed E-state index contributed by atoms with van der Waals surface area (Å²) in [5.74, 6) is 0.721. The van der Waals surface area contributed by atoms with Crippen LogP contribution in [0.5, 0.6) is 0 Å². The molecule has 3 nitrogen and oxygen atoms in total. The summed E-state index contributed by atoms with van der Waals surface area (Å²) < 4.78 is 0. The van der Waals surface area contributed by atoms with Gasteiger partial charge in [0.25, 0.3) is 0 Å². The molecule has 0 saturated carbocycles. The number of hydrogen-bond donors (Lipinski definition) is 0. The molecule has 20 heavy (non-hydrogen) atoms. The van der Waals surface area contributed by atoms with Crippen LogP contribution in [-0.4, -0.2) is 23.5 Å². The van der Waals surface area contributed by atoms with Crippen molar-refractivity contribution >= 4 is 29.1 Å². The number of Topliss-reactive ketones (excluding diaryl/α,β-unsaturated/α-hetero) is 1. The third kappa shape index (κ3) is 2.90. The average molecular weight is 291 g/mol. The third-order valence-electron chi connectivity index (χ3n) is 3.36. The number of carbonyl (C=O) groups excluding carboxylic acids is 2. The van der Waals surface area contributed by atoms with E-state index >= 15 is 0 Å². The second-order valence-electron chi connectivity index (χ2n) is 5.56. The molecule has 0 fully saturated rings. The Kier molecular flexibility index (Phi) is 4.53. The minimum atomic E-state index is -0.0896. The molecule has 0 radical (unpaired) electrons. The van der Waals surface area contributed by atoms with Crippen molar-refractivity contribution < 1.29 is 9.59 Å². The van der Waals surface area contributed by atoms with Crippen molar-refractivity contribution in [3.63, 3.8) is 0 Å². The summed E-state index contributed by atoms with van der Waals surface area (Å²) in [7, 11) is 0. The van der Waals surface area contributed by atoms with E-state index in [9.17, 15) is 9.59 Å². The van der Waals surface area contributed by atoms with E-state index < -0.39 is 0 Å². The number of anilines is 1. The van der Waals surface area contributed by atoms with Crippen LogP contribution >= 0.6 is 11.8 Å². The Morgan fingerprint density at radius 1 is 1.40 bits per heavy atom. The molecule has 1 aromatic rings. The monoisotopic (exact) mass is 291 g/mol. The summed E-state index contributed by atoms with van der Waals surface area (Å²) in [4.78, 5) is 27.1. The number of carbonyl (C=O) groups is 2. The van der Waals surface area contributed by atoms with Gasteiger partial charge in [0, 0.05) is 23.4 Å². The molecule has 0 bridgehead atoms. The summed E-state index contributed by atoms with van der Waals surface area (Å²) in [6, 6.07) is 5.68. The molecule has 1 amide bonds. The average Bonchev–Trinajstić information content (AvgIpc) is 2.42. The van der Waals surface area contributed by atoms with Crippen LogP contribution in [0.4, 0.5) is 5.69 Å². The van der Waals surface area contributed by atoms with Crippen LogP contribution in [0.25, 0.3) is 0 Å². The zero-order chi connectivity index (χ0) is 14.9. The Bertz CT molecular complexity index is 539. The summed E-state index contributed by atoms with van der Waals surface area (Å²) in [5.41, 5.74) is 1.68. The number of fused-ring (bicyclic) bond motifs is 1. The van der Waals surface area contributed by atoms with E-state index in [1.54, 1.807) is 11.8 Å². The van der Waals surface area contributed by atoms with Crippen molar-refractivity contribution in [2.45, 2.75) is 44.3 Å². The van der Waals surface area contributed by atoms with Gasteiger partial charge in [0.1, 0.15) is 0 Å². The predicted molar refractivity (Wildman–Crippen MR) is 83.6 cm³/mol. The molecule has 1 atom stereocenters. The van der Waals surface area contributed by atoms with Crippen molar-refractivity contribution in [1.82, 2.24) is 0 Å². The smallest absolute Gasteiger partial charge is 0.240 e. The van der Waals surface area contributed by atoms with E-state index in [0.29, 0.717) is 12.3 Å². The normalized spacial score (nSPS) is 18.4. The van der Waals surface area contributed by atoms with Gasteiger partial charge >= 0.3 is 0 Å². The van der Waals surface area contributed by atoms with Gasteiger partial charge in [0.15, 0.2) is 5.78 Å². The van der Waals surface area contributed by atoms with E-state index in [2.05, 4.69) is 13.8 Å². The number of rotatable bonds is 4. The Hall–Kier alpha value is -1.29. The first-order chi connectivity index (χ1) is 9.43. The number of thioether (sulfide) groups is 1. The van der Waals surface area contributed by atoms with Crippen molar-refractivity contribution in [3.05, 3.63) is 23.8 Å². The largest absolute Gasteiger partial charge is 0.310 e. The summed E-state index contributed by atoms with van der Waals surface area (Å²) in [5, 5.41) is -0.0896. The van der Waals surface area contributed by atoms with Crippen LogP contribution in [0, 0.1) is 5.92 Å². The number of amides is 1. The van der Waals surface area contributed by atoms with Crippen molar-refractivity contribution in [2.24, 2.45) is 5.92 Å².